The molecular weight excluding hydrogens is 460 g/mol. The number of carbonyl (C=O) groups is 1. The van der Waals surface area contributed by atoms with Gasteiger partial charge in [-0.05, 0) is 42.7 Å². The Morgan fingerprint density at radius 3 is 2.39 bits per heavy atom. The number of nitrogens with zero attached hydrogens (tertiary/aromatic N) is 1. The highest BCUT2D eigenvalue weighted by Crippen LogP contribution is 2.28. The van der Waals surface area contributed by atoms with E-state index >= 15 is 0 Å². The first-order chi connectivity index (χ1) is 15.8. The Kier molecular flexibility index (Phi) is 8.49. The summed E-state index contributed by atoms with van der Waals surface area (Å²) in [5.41, 5.74) is 3.01. The number of amides is 1. The Balaban J connectivity index is 1.78. The van der Waals surface area contributed by atoms with E-state index in [1.54, 1.807) is 0 Å². The van der Waals surface area contributed by atoms with Crippen LogP contribution in [0.5, 0.6) is 5.75 Å². The Morgan fingerprint density at radius 1 is 1.00 bits per heavy atom. The number of rotatable bonds is 10. The summed E-state index contributed by atoms with van der Waals surface area (Å²) in [7, 11) is -2.51. The van der Waals surface area contributed by atoms with Crippen LogP contribution in [0.4, 0.5) is 0 Å². The molecule has 0 aliphatic heterocycles. The second-order valence-corrected chi connectivity index (χ2v) is 9.98. The third kappa shape index (κ3) is 6.81. The van der Waals surface area contributed by atoms with Crippen molar-refractivity contribution in [2.24, 2.45) is 0 Å². The molecule has 0 unspecified atom stereocenters. The monoisotopic (exact) mass is 486 g/mol. The maximum atomic E-state index is 13.4. The number of sulfonamides is 1. The molecule has 0 radical (unpaired) electrons. The minimum atomic E-state index is -3.97. The lowest BCUT2D eigenvalue weighted by atomic mass is 10.1. The lowest BCUT2D eigenvalue weighted by Crippen LogP contribution is -2.41. The minimum absolute atomic E-state index is 0.00726. The van der Waals surface area contributed by atoms with Gasteiger partial charge in [0, 0.05) is 13.1 Å². The molecule has 1 N–H and O–H groups in total. The molecule has 0 spiro atoms. The summed E-state index contributed by atoms with van der Waals surface area (Å²) >= 11 is 6.16. The quantitative estimate of drug-likeness (QED) is 0.466. The molecule has 0 atom stereocenters. The van der Waals surface area contributed by atoms with Crippen LogP contribution in [0.15, 0.2) is 77.7 Å². The number of ether oxygens (including phenoxy) is 1. The molecular formula is C25H27ClN2O4S. The van der Waals surface area contributed by atoms with E-state index in [0.29, 0.717) is 18.7 Å². The van der Waals surface area contributed by atoms with Crippen LogP contribution in [0.1, 0.15) is 16.7 Å². The summed E-state index contributed by atoms with van der Waals surface area (Å²) in [6.45, 7) is 2.14. The number of nitrogens with one attached hydrogen (secondary N) is 1. The maximum Gasteiger partial charge on any atom is 0.243 e. The van der Waals surface area contributed by atoms with Gasteiger partial charge < -0.3 is 10.1 Å². The molecule has 0 aliphatic rings. The lowest BCUT2D eigenvalue weighted by molar-refractivity contribution is -0.121. The van der Waals surface area contributed by atoms with Gasteiger partial charge in [-0.3, -0.25) is 4.79 Å². The highest BCUT2D eigenvalue weighted by atomic mass is 35.5. The van der Waals surface area contributed by atoms with Crippen LogP contribution in [0.25, 0.3) is 0 Å². The number of halogens is 1. The molecule has 3 rings (SSSR count). The molecule has 174 valence electrons. The minimum Gasteiger partial charge on any atom is -0.495 e. The van der Waals surface area contributed by atoms with Gasteiger partial charge in [-0.2, -0.15) is 4.31 Å². The lowest BCUT2D eigenvalue weighted by Gasteiger charge is -2.22. The number of aryl methyl sites for hydroxylation is 1. The number of hydrogen-bond acceptors (Lipinski definition) is 4. The van der Waals surface area contributed by atoms with Crippen molar-refractivity contribution in [2.75, 3.05) is 20.2 Å². The summed E-state index contributed by atoms with van der Waals surface area (Å²) < 4.78 is 33.1. The molecule has 0 fully saturated rings. The SMILES string of the molecule is COc1ccc(S(=O)(=O)N(CCc2ccccc2)CC(=O)NCc2cccc(C)c2)cc1Cl. The topological polar surface area (TPSA) is 75.7 Å². The normalized spacial score (nSPS) is 11.4. The molecule has 0 aliphatic carbocycles. The van der Waals surface area contributed by atoms with Gasteiger partial charge in [-0.25, -0.2) is 8.42 Å². The number of carbonyl (C=O) groups excluding carboxylic acids is 1. The van der Waals surface area contributed by atoms with Crippen molar-refractivity contribution in [1.29, 1.82) is 0 Å². The third-order valence-corrected chi connectivity index (χ3v) is 7.28. The van der Waals surface area contributed by atoms with Gasteiger partial charge >= 0.3 is 0 Å². The zero-order valence-corrected chi connectivity index (χ0v) is 20.2. The number of benzene rings is 3. The van der Waals surface area contributed by atoms with Crippen LogP contribution in [-0.4, -0.2) is 38.8 Å². The van der Waals surface area contributed by atoms with Gasteiger partial charge in [0.25, 0.3) is 0 Å². The van der Waals surface area contributed by atoms with E-state index in [2.05, 4.69) is 5.32 Å². The van der Waals surface area contributed by atoms with E-state index in [1.165, 1.54) is 29.6 Å². The Morgan fingerprint density at radius 2 is 1.73 bits per heavy atom. The van der Waals surface area contributed by atoms with E-state index in [-0.39, 0.29) is 28.9 Å². The maximum absolute atomic E-state index is 13.4. The van der Waals surface area contributed by atoms with Crippen LogP contribution in [0.3, 0.4) is 0 Å². The number of hydrogen-bond donors (Lipinski definition) is 1. The first-order valence-corrected chi connectivity index (χ1v) is 12.3. The average Bonchev–Trinajstić information content (AvgIpc) is 2.81. The van der Waals surface area contributed by atoms with Crippen molar-refractivity contribution in [1.82, 2.24) is 9.62 Å². The first kappa shape index (κ1) is 24.8. The molecule has 1 amide bonds. The summed E-state index contributed by atoms with van der Waals surface area (Å²) in [4.78, 5) is 12.7. The van der Waals surface area contributed by atoms with Gasteiger partial charge in [0.15, 0.2) is 0 Å². The van der Waals surface area contributed by atoms with Crippen LogP contribution >= 0.6 is 11.6 Å². The van der Waals surface area contributed by atoms with Crippen molar-refractivity contribution in [3.05, 3.63) is 94.5 Å². The first-order valence-electron chi connectivity index (χ1n) is 10.5. The zero-order chi connectivity index (χ0) is 23.8. The van der Waals surface area contributed by atoms with Crippen molar-refractivity contribution in [3.8, 4) is 5.75 Å². The highest BCUT2D eigenvalue weighted by Gasteiger charge is 2.27. The molecule has 3 aromatic rings. The van der Waals surface area contributed by atoms with E-state index in [1.807, 2.05) is 61.5 Å². The molecule has 0 bridgehead atoms. The predicted octanol–water partition coefficient (Wildman–Crippen LogP) is 4.21. The van der Waals surface area contributed by atoms with Gasteiger partial charge in [0.2, 0.25) is 15.9 Å². The molecule has 33 heavy (non-hydrogen) atoms. The summed E-state index contributed by atoms with van der Waals surface area (Å²) in [5, 5.41) is 3.00. The predicted molar refractivity (Wildman–Crippen MR) is 130 cm³/mol. The zero-order valence-electron chi connectivity index (χ0n) is 18.6. The van der Waals surface area contributed by atoms with E-state index < -0.39 is 10.0 Å². The molecule has 0 aromatic heterocycles. The molecule has 0 saturated carbocycles. The standard InChI is InChI=1S/C25H27ClN2O4S/c1-19-7-6-10-21(15-19)17-27-25(29)18-28(14-13-20-8-4-3-5-9-20)33(30,31)22-11-12-24(32-2)23(26)16-22/h3-12,15-16H,13-14,17-18H2,1-2H3,(H,27,29). The fourth-order valence-electron chi connectivity index (χ4n) is 3.38. The van der Waals surface area contributed by atoms with Crippen LogP contribution < -0.4 is 10.1 Å². The van der Waals surface area contributed by atoms with Crippen LogP contribution in [0.2, 0.25) is 5.02 Å². The number of methoxy groups -OCH3 is 1. The van der Waals surface area contributed by atoms with Crippen LogP contribution in [0, 0.1) is 6.92 Å². The molecule has 8 heteroatoms. The Bertz CT molecular complexity index is 1200. The largest absolute Gasteiger partial charge is 0.495 e. The molecule has 0 saturated heterocycles. The van der Waals surface area contributed by atoms with Crippen LogP contribution in [-0.2, 0) is 27.8 Å². The Hall–Kier alpha value is -2.87. The van der Waals surface area contributed by atoms with E-state index in [9.17, 15) is 13.2 Å². The smallest absolute Gasteiger partial charge is 0.243 e. The average molecular weight is 487 g/mol. The van der Waals surface area contributed by atoms with Gasteiger partial charge in [-0.1, -0.05) is 71.8 Å². The third-order valence-electron chi connectivity index (χ3n) is 5.15. The second-order valence-electron chi connectivity index (χ2n) is 7.64. The van der Waals surface area contributed by atoms with Crippen molar-refractivity contribution in [3.63, 3.8) is 0 Å². The van der Waals surface area contributed by atoms with Crippen molar-refractivity contribution < 1.29 is 17.9 Å². The fraction of sp³-hybridized carbons (Fsp3) is 0.240. The van der Waals surface area contributed by atoms with Gasteiger partial charge in [0.05, 0.1) is 23.6 Å². The molecule has 0 heterocycles. The van der Waals surface area contributed by atoms with Gasteiger partial charge in [0.1, 0.15) is 5.75 Å². The second kappa shape index (κ2) is 11.3. The summed E-state index contributed by atoms with van der Waals surface area (Å²) in [6.07, 6.45) is 0.467. The van der Waals surface area contributed by atoms with Gasteiger partial charge in [-0.15, -0.1) is 0 Å². The summed E-state index contributed by atoms with van der Waals surface area (Å²) in [6, 6.07) is 21.6. The van der Waals surface area contributed by atoms with E-state index in [0.717, 1.165) is 16.7 Å². The Labute approximate surface area is 200 Å². The van der Waals surface area contributed by atoms with Crippen molar-refractivity contribution >= 4 is 27.5 Å². The fourth-order valence-corrected chi connectivity index (χ4v) is 5.12. The van der Waals surface area contributed by atoms with E-state index in [4.69, 9.17) is 16.3 Å². The molecule has 6 nitrogen and oxygen atoms in total. The molecule has 3 aromatic carbocycles. The highest BCUT2D eigenvalue weighted by molar-refractivity contribution is 7.89. The van der Waals surface area contributed by atoms with Crippen molar-refractivity contribution in [2.45, 2.75) is 24.8 Å². The summed E-state index contributed by atoms with van der Waals surface area (Å²) in [5.74, 6) is -0.00454.